The van der Waals surface area contributed by atoms with E-state index in [4.69, 9.17) is 0 Å². The van der Waals surface area contributed by atoms with Gasteiger partial charge in [0.2, 0.25) is 0 Å². The number of alkyl halides is 3. The topological polar surface area (TPSA) is 57.7 Å². The van der Waals surface area contributed by atoms with Crippen LogP contribution in [0.15, 0.2) is 71.6 Å². The number of piperazine rings is 1. The van der Waals surface area contributed by atoms with Crippen molar-refractivity contribution in [2.75, 3.05) is 37.3 Å². The van der Waals surface area contributed by atoms with E-state index < -0.39 is 33.3 Å². The summed E-state index contributed by atoms with van der Waals surface area (Å²) in [5, 5.41) is 0. The van der Waals surface area contributed by atoms with Gasteiger partial charge in [0.1, 0.15) is 5.82 Å². The molecule has 1 amide bonds. The maximum absolute atomic E-state index is 14.5. The highest BCUT2D eigenvalue weighted by atomic mass is 32.2. The van der Waals surface area contributed by atoms with Crippen molar-refractivity contribution in [3.8, 4) is 11.1 Å². The van der Waals surface area contributed by atoms with E-state index >= 15 is 0 Å². The van der Waals surface area contributed by atoms with Gasteiger partial charge in [0, 0.05) is 49.2 Å². The number of carbonyl (C=O) groups is 1. The van der Waals surface area contributed by atoms with Gasteiger partial charge in [-0.25, -0.2) is 12.8 Å². The average molecular weight is 507 g/mol. The minimum Gasteiger partial charge on any atom is -0.368 e. The summed E-state index contributed by atoms with van der Waals surface area (Å²) in [6.45, 7) is 1.27. The summed E-state index contributed by atoms with van der Waals surface area (Å²) >= 11 is 0. The maximum atomic E-state index is 14.5. The van der Waals surface area contributed by atoms with Crippen LogP contribution in [0.4, 0.5) is 23.2 Å². The summed E-state index contributed by atoms with van der Waals surface area (Å²) in [6, 6.07) is 14.8. The second-order valence-corrected chi connectivity index (χ2v) is 10.3. The lowest BCUT2D eigenvalue weighted by Gasteiger charge is -2.36. The summed E-state index contributed by atoms with van der Waals surface area (Å²) < 4.78 is 77.2. The molecule has 1 heterocycles. The minimum absolute atomic E-state index is 0.0515. The predicted octanol–water partition coefficient (Wildman–Crippen LogP) is 4.88. The first-order chi connectivity index (χ1) is 16.4. The van der Waals surface area contributed by atoms with Crippen LogP contribution < -0.4 is 4.90 Å². The molecule has 35 heavy (non-hydrogen) atoms. The molecular formula is C25H22F4N2O3S. The third-order valence-corrected chi connectivity index (χ3v) is 7.05. The third kappa shape index (κ3) is 5.32. The standard InChI is InChI=1S/C25H22F4N2O3S/c1-35(33,34)19-10-11-20(21-4-2-3-5-23(21)26)22(16-19)24(32)31-14-12-30(13-15-31)18-8-6-17(7-9-18)25(27,28)29/h2-11,16H,12-15H2,1H3. The fourth-order valence-corrected chi connectivity index (χ4v) is 4.69. The number of anilines is 1. The zero-order valence-electron chi connectivity index (χ0n) is 18.7. The highest BCUT2D eigenvalue weighted by Crippen LogP contribution is 2.32. The number of halogens is 4. The zero-order chi connectivity index (χ0) is 25.4. The second-order valence-electron chi connectivity index (χ2n) is 8.28. The Morgan fingerprint density at radius 1 is 0.857 bits per heavy atom. The fourth-order valence-electron chi connectivity index (χ4n) is 4.04. The van der Waals surface area contributed by atoms with Gasteiger partial charge in [-0.3, -0.25) is 4.79 Å². The number of hydrogen-bond donors (Lipinski definition) is 0. The Bertz CT molecular complexity index is 1350. The Balaban J connectivity index is 1.58. The monoisotopic (exact) mass is 506 g/mol. The molecule has 0 saturated carbocycles. The fraction of sp³-hybridized carbons (Fsp3) is 0.240. The second kappa shape index (κ2) is 9.33. The van der Waals surface area contributed by atoms with Crippen molar-refractivity contribution in [3.63, 3.8) is 0 Å². The number of benzene rings is 3. The molecule has 3 aromatic rings. The first kappa shape index (κ1) is 24.7. The van der Waals surface area contributed by atoms with Crippen LogP contribution in [0.3, 0.4) is 0 Å². The summed E-state index contributed by atoms with van der Waals surface area (Å²) in [7, 11) is -3.61. The van der Waals surface area contributed by atoms with Gasteiger partial charge in [0.15, 0.2) is 9.84 Å². The number of sulfone groups is 1. The molecule has 0 aromatic heterocycles. The van der Waals surface area contributed by atoms with Crippen LogP contribution in [0.25, 0.3) is 11.1 Å². The molecule has 0 N–H and O–H groups in total. The molecule has 5 nitrogen and oxygen atoms in total. The molecule has 0 spiro atoms. The lowest BCUT2D eigenvalue weighted by Crippen LogP contribution is -2.49. The van der Waals surface area contributed by atoms with Gasteiger partial charge < -0.3 is 9.80 Å². The van der Waals surface area contributed by atoms with E-state index in [0.29, 0.717) is 18.8 Å². The number of carbonyl (C=O) groups excluding carboxylic acids is 1. The summed E-state index contributed by atoms with van der Waals surface area (Å²) in [4.78, 5) is 16.8. The normalized spacial score (nSPS) is 14.8. The number of hydrogen-bond acceptors (Lipinski definition) is 4. The van der Waals surface area contributed by atoms with E-state index in [0.717, 1.165) is 18.4 Å². The van der Waals surface area contributed by atoms with Crippen LogP contribution in [0.1, 0.15) is 15.9 Å². The van der Waals surface area contributed by atoms with Crippen LogP contribution in [0, 0.1) is 5.82 Å². The average Bonchev–Trinajstić information content (AvgIpc) is 2.83. The van der Waals surface area contributed by atoms with Crippen LogP contribution in [0.2, 0.25) is 0 Å². The van der Waals surface area contributed by atoms with E-state index in [1.165, 1.54) is 53.4 Å². The molecule has 1 aliphatic heterocycles. The molecule has 0 aliphatic carbocycles. The van der Waals surface area contributed by atoms with Crippen molar-refractivity contribution in [3.05, 3.63) is 83.7 Å². The van der Waals surface area contributed by atoms with Gasteiger partial charge in [0.25, 0.3) is 5.91 Å². The van der Waals surface area contributed by atoms with Crippen molar-refractivity contribution in [2.24, 2.45) is 0 Å². The Morgan fingerprint density at radius 3 is 2.06 bits per heavy atom. The first-order valence-electron chi connectivity index (χ1n) is 10.8. The summed E-state index contributed by atoms with van der Waals surface area (Å²) in [5.74, 6) is -0.985. The summed E-state index contributed by atoms with van der Waals surface area (Å²) in [5.41, 5.74) is 0.406. The molecule has 0 unspecified atom stereocenters. The van der Waals surface area contributed by atoms with E-state index in [1.54, 1.807) is 6.07 Å². The van der Waals surface area contributed by atoms with Gasteiger partial charge in [0.05, 0.1) is 10.5 Å². The third-order valence-electron chi connectivity index (χ3n) is 5.94. The highest BCUT2D eigenvalue weighted by molar-refractivity contribution is 7.90. The summed E-state index contributed by atoms with van der Waals surface area (Å²) in [6.07, 6.45) is -3.39. The van der Waals surface area contributed by atoms with Crippen LogP contribution in [0.5, 0.6) is 0 Å². The van der Waals surface area contributed by atoms with Gasteiger partial charge in [-0.2, -0.15) is 13.2 Å². The number of rotatable bonds is 4. The quantitative estimate of drug-likeness (QED) is 0.474. The Hall–Kier alpha value is -3.40. The molecule has 1 fully saturated rings. The molecule has 4 rings (SSSR count). The Morgan fingerprint density at radius 2 is 1.49 bits per heavy atom. The van der Waals surface area contributed by atoms with Crippen LogP contribution in [-0.4, -0.2) is 51.7 Å². The van der Waals surface area contributed by atoms with Crippen molar-refractivity contribution >= 4 is 21.4 Å². The van der Waals surface area contributed by atoms with E-state index in [9.17, 15) is 30.8 Å². The molecule has 0 bridgehead atoms. The lowest BCUT2D eigenvalue weighted by molar-refractivity contribution is -0.137. The Kier molecular flexibility index (Phi) is 6.59. The molecule has 0 radical (unpaired) electrons. The van der Waals surface area contributed by atoms with Gasteiger partial charge in [-0.1, -0.05) is 24.3 Å². The van der Waals surface area contributed by atoms with E-state index in [1.807, 2.05) is 4.90 Å². The molecule has 3 aromatic carbocycles. The van der Waals surface area contributed by atoms with Crippen molar-refractivity contribution in [2.45, 2.75) is 11.1 Å². The zero-order valence-corrected chi connectivity index (χ0v) is 19.5. The maximum Gasteiger partial charge on any atom is 0.416 e. The smallest absolute Gasteiger partial charge is 0.368 e. The minimum atomic E-state index is -4.42. The lowest BCUT2D eigenvalue weighted by atomic mass is 9.98. The SMILES string of the molecule is CS(=O)(=O)c1ccc(-c2ccccc2F)c(C(=O)N2CCN(c3ccc(C(F)(F)F)cc3)CC2)c1. The molecule has 1 aliphatic rings. The highest BCUT2D eigenvalue weighted by Gasteiger charge is 2.31. The molecule has 1 saturated heterocycles. The molecule has 0 atom stereocenters. The Labute approximate surface area is 200 Å². The van der Waals surface area contributed by atoms with Crippen molar-refractivity contribution in [1.82, 2.24) is 4.90 Å². The molecule has 184 valence electrons. The largest absolute Gasteiger partial charge is 0.416 e. The van der Waals surface area contributed by atoms with Crippen LogP contribution >= 0.6 is 0 Å². The van der Waals surface area contributed by atoms with Crippen LogP contribution in [-0.2, 0) is 16.0 Å². The number of amides is 1. The van der Waals surface area contributed by atoms with Crippen molar-refractivity contribution < 1.29 is 30.8 Å². The molecular weight excluding hydrogens is 484 g/mol. The van der Waals surface area contributed by atoms with Gasteiger partial charge >= 0.3 is 6.18 Å². The van der Waals surface area contributed by atoms with Gasteiger partial charge in [-0.15, -0.1) is 0 Å². The first-order valence-corrected chi connectivity index (χ1v) is 12.6. The predicted molar refractivity (Wildman–Crippen MR) is 125 cm³/mol. The van der Waals surface area contributed by atoms with Gasteiger partial charge in [-0.05, 0) is 48.0 Å². The molecule has 10 heteroatoms. The van der Waals surface area contributed by atoms with Crippen molar-refractivity contribution in [1.29, 1.82) is 0 Å². The van der Waals surface area contributed by atoms with E-state index in [2.05, 4.69) is 0 Å². The van der Waals surface area contributed by atoms with E-state index in [-0.39, 0.29) is 34.7 Å². The number of nitrogens with zero attached hydrogens (tertiary/aromatic N) is 2.